The molecule has 4 nitrogen and oxygen atoms in total. The highest BCUT2D eigenvalue weighted by molar-refractivity contribution is 5.81. The standard InChI is InChI=1S/C15H28N2O2/c1-13(17-10-4-5-11-17)15(18)16-9-6-12-19-14-7-2-3-8-14/h13-14H,2-12H2,1H3,(H,16,18)/t13-/m1/s1. The van der Waals surface area contributed by atoms with Crippen molar-refractivity contribution in [3.05, 3.63) is 0 Å². The normalized spacial score (nSPS) is 22.8. The highest BCUT2D eigenvalue weighted by Gasteiger charge is 2.23. The molecular formula is C15H28N2O2. The van der Waals surface area contributed by atoms with Crippen LogP contribution in [0.1, 0.15) is 51.9 Å². The van der Waals surface area contributed by atoms with Gasteiger partial charge in [-0.25, -0.2) is 0 Å². The summed E-state index contributed by atoms with van der Waals surface area (Å²) >= 11 is 0. The number of amides is 1. The molecule has 2 aliphatic rings. The molecular weight excluding hydrogens is 240 g/mol. The molecule has 1 saturated carbocycles. The minimum Gasteiger partial charge on any atom is -0.378 e. The Bertz CT molecular complexity index is 271. The molecule has 1 atom stereocenters. The molecule has 0 spiro atoms. The first-order valence-electron chi connectivity index (χ1n) is 7.91. The predicted octanol–water partition coefficient (Wildman–Crippen LogP) is 1.94. The third kappa shape index (κ3) is 4.77. The lowest BCUT2D eigenvalue weighted by atomic mass is 10.2. The molecule has 1 amide bonds. The number of rotatable bonds is 7. The third-order valence-corrected chi connectivity index (χ3v) is 4.34. The van der Waals surface area contributed by atoms with Crippen LogP contribution in [0.2, 0.25) is 0 Å². The highest BCUT2D eigenvalue weighted by atomic mass is 16.5. The van der Waals surface area contributed by atoms with E-state index in [0.717, 1.165) is 32.7 Å². The van der Waals surface area contributed by atoms with Crippen LogP contribution in [0, 0.1) is 0 Å². The van der Waals surface area contributed by atoms with Gasteiger partial charge in [0.25, 0.3) is 0 Å². The number of likely N-dealkylation sites (tertiary alicyclic amines) is 1. The van der Waals surface area contributed by atoms with Gasteiger partial charge in [-0.1, -0.05) is 12.8 Å². The molecule has 1 saturated heterocycles. The van der Waals surface area contributed by atoms with Gasteiger partial charge in [-0.05, 0) is 52.1 Å². The summed E-state index contributed by atoms with van der Waals surface area (Å²) < 4.78 is 5.78. The zero-order valence-electron chi connectivity index (χ0n) is 12.2. The Morgan fingerprint density at radius 1 is 1.26 bits per heavy atom. The maximum absolute atomic E-state index is 12.0. The van der Waals surface area contributed by atoms with Crippen LogP contribution < -0.4 is 5.32 Å². The van der Waals surface area contributed by atoms with Crippen molar-refractivity contribution in [1.82, 2.24) is 10.2 Å². The molecule has 0 aromatic heterocycles. The van der Waals surface area contributed by atoms with E-state index in [0.29, 0.717) is 6.10 Å². The number of nitrogens with one attached hydrogen (secondary N) is 1. The summed E-state index contributed by atoms with van der Waals surface area (Å²) in [7, 11) is 0. The van der Waals surface area contributed by atoms with E-state index >= 15 is 0 Å². The predicted molar refractivity (Wildman–Crippen MR) is 76.1 cm³/mol. The maximum Gasteiger partial charge on any atom is 0.237 e. The maximum atomic E-state index is 12.0. The molecule has 2 rings (SSSR count). The molecule has 1 aliphatic heterocycles. The van der Waals surface area contributed by atoms with Crippen LogP contribution in [0.3, 0.4) is 0 Å². The van der Waals surface area contributed by atoms with Gasteiger partial charge in [0.2, 0.25) is 5.91 Å². The van der Waals surface area contributed by atoms with Gasteiger partial charge in [0.05, 0.1) is 12.1 Å². The number of carbonyl (C=O) groups excluding carboxylic acids is 1. The van der Waals surface area contributed by atoms with Crippen molar-refractivity contribution in [3.8, 4) is 0 Å². The van der Waals surface area contributed by atoms with Crippen LogP contribution in [0.4, 0.5) is 0 Å². The van der Waals surface area contributed by atoms with E-state index in [1.54, 1.807) is 0 Å². The largest absolute Gasteiger partial charge is 0.378 e. The molecule has 1 heterocycles. The summed E-state index contributed by atoms with van der Waals surface area (Å²) in [4.78, 5) is 14.2. The molecule has 2 fully saturated rings. The van der Waals surface area contributed by atoms with E-state index in [1.165, 1.54) is 38.5 Å². The van der Waals surface area contributed by atoms with Gasteiger partial charge in [0, 0.05) is 13.2 Å². The molecule has 19 heavy (non-hydrogen) atoms. The van der Waals surface area contributed by atoms with Crippen LogP contribution in [0.15, 0.2) is 0 Å². The average molecular weight is 268 g/mol. The molecule has 4 heteroatoms. The van der Waals surface area contributed by atoms with E-state index in [9.17, 15) is 4.79 Å². The summed E-state index contributed by atoms with van der Waals surface area (Å²) in [6.45, 7) is 5.67. The van der Waals surface area contributed by atoms with Crippen molar-refractivity contribution >= 4 is 5.91 Å². The minimum atomic E-state index is 0.0262. The molecule has 0 bridgehead atoms. The van der Waals surface area contributed by atoms with Crippen LogP contribution in [-0.2, 0) is 9.53 Å². The second kappa shape index (κ2) is 7.85. The van der Waals surface area contributed by atoms with Crippen LogP contribution in [0.5, 0.6) is 0 Å². The lowest BCUT2D eigenvalue weighted by molar-refractivity contribution is -0.125. The van der Waals surface area contributed by atoms with Crippen LogP contribution >= 0.6 is 0 Å². The fourth-order valence-corrected chi connectivity index (χ4v) is 3.03. The first-order chi connectivity index (χ1) is 9.27. The van der Waals surface area contributed by atoms with Crippen molar-refractivity contribution in [2.24, 2.45) is 0 Å². The number of carbonyl (C=O) groups is 1. The van der Waals surface area contributed by atoms with Crippen molar-refractivity contribution in [2.45, 2.75) is 64.0 Å². The second-order valence-corrected chi connectivity index (χ2v) is 5.84. The fourth-order valence-electron chi connectivity index (χ4n) is 3.03. The average Bonchev–Trinajstić information content (AvgIpc) is 3.10. The topological polar surface area (TPSA) is 41.6 Å². The Morgan fingerprint density at radius 2 is 1.95 bits per heavy atom. The smallest absolute Gasteiger partial charge is 0.237 e. The lowest BCUT2D eigenvalue weighted by Crippen LogP contribution is -2.44. The Hall–Kier alpha value is -0.610. The summed E-state index contributed by atoms with van der Waals surface area (Å²) in [5, 5.41) is 3.02. The molecule has 0 radical (unpaired) electrons. The summed E-state index contributed by atoms with van der Waals surface area (Å²) in [5.74, 6) is 0.169. The number of hydrogen-bond acceptors (Lipinski definition) is 3. The summed E-state index contributed by atoms with van der Waals surface area (Å²) in [5.41, 5.74) is 0. The van der Waals surface area contributed by atoms with Crippen molar-refractivity contribution in [1.29, 1.82) is 0 Å². The zero-order valence-corrected chi connectivity index (χ0v) is 12.2. The van der Waals surface area contributed by atoms with Gasteiger partial charge in [-0.2, -0.15) is 0 Å². The Kier molecular flexibility index (Phi) is 6.11. The van der Waals surface area contributed by atoms with Gasteiger partial charge < -0.3 is 10.1 Å². The van der Waals surface area contributed by atoms with Gasteiger partial charge in [0.1, 0.15) is 0 Å². The third-order valence-electron chi connectivity index (χ3n) is 4.34. The van der Waals surface area contributed by atoms with Gasteiger partial charge in [-0.15, -0.1) is 0 Å². The van der Waals surface area contributed by atoms with Crippen molar-refractivity contribution < 1.29 is 9.53 Å². The molecule has 1 N–H and O–H groups in total. The first kappa shape index (κ1) is 14.8. The van der Waals surface area contributed by atoms with Gasteiger partial charge >= 0.3 is 0 Å². The van der Waals surface area contributed by atoms with E-state index in [-0.39, 0.29) is 11.9 Å². The summed E-state index contributed by atoms with van der Waals surface area (Å²) in [6.07, 6.45) is 8.94. The van der Waals surface area contributed by atoms with E-state index in [2.05, 4.69) is 10.2 Å². The van der Waals surface area contributed by atoms with Gasteiger partial charge in [-0.3, -0.25) is 9.69 Å². The molecule has 1 aliphatic carbocycles. The SMILES string of the molecule is C[C@H](C(=O)NCCCOC1CCCC1)N1CCCC1. The van der Waals surface area contributed by atoms with Crippen molar-refractivity contribution in [2.75, 3.05) is 26.2 Å². The van der Waals surface area contributed by atoms with E-state index in [1.807, 2.05) is 6.92 Å². The quantitative estimate of drug-likeness (QED) is 0.717. The lowest BCUT2D eigenvalue weighted by Gasteiger charge is -2.22. The van der Waals surface area contributed by atoms with Crippen LogP contribution in [0.25, 0.3) is 0 Å². The number of nitrogens with zero attached hydrogens (tertiary/aromatic N) is 1. The Labute approximate surface area is 116 Å². The second-order valence-electron chi connectivity index (χ2n) is 5.84. The van der Waals surface area contributed by atoms with Crippen molar-refractivity contribution in [3.63, 3.8) is 0 Å². The molecule has 0 aromatic carbocycles. The minimum absolute atomic E-state index is 0.0262. The Morgan fingerprint density at radius 3 is 2.63 bits per heavy atom. The zero-order chi connectivity index (χ0) is 13.5. The van der Waals surface area contributed by atoms with E-state index < -0.39 is 0 Å². The number of hydrogen-bond donors (Lipinski definition) is 1. The first-order valence-corrected chi connectivity index (χ1v) is 7.91. The number of ether oxygens (including phenoxy) is 1. The van der Waals surface area contributed by atoms with Gasteiger partial charge in [0.15, 0.2) is 0 Å². The molecule has 110 valence electrons. The molecule has 0 aromatic rings. The fraction of sp³-hybridized carbons (Fsp3) is 0.933. The monoisotopic (exact) mass is 268 g/mol. The molecule has 0 unspecified atom stereocenters. The summed E-state index contributed by atoms with van der Waals surface area (Å²) in [6, 6.07) is 0.0262. The van der Waals surface area contributed by atoms with Crippen LogP contribution in [-0.4, -0.2) is 49.2 Å². The Balaban J connectivity index is 1.50. The van der Waals surface area contributed by atoms with E-state index in [4.69, 9.17) is 4.74 Å². The highest BCUT2D eigenvalue weighted by Crippen LogP contribution is 2.20.